The van der Waals surface area contributed by atoms with Crippen LogP contribution in [-0.2, 0) is 13.0 Å². The van der Waals surface area contributed by atoms with Gasteiger partial charge in [0.15, 0.2) is 0 Å². The summed E-state index contributed by atoms with van der Waals surface area (Å²) in [5.41, 5.74) is 1.53. The fourth-order valence-electron chi connectivity index (χ4n) is 1.51. The smallest absolute Gasteiger partial charge is 0.321 e. The predicted octanol–water partition coefficient (Wildman–Crippen LogP) is 1.30. The molecule has 0 amide bonds. The molecule has 1 aromatic carbocycles. The van der Waals surface area contributed by atoms with E-state index in [0.29, 0.717) is 17.7 Å². The molecule has 5 nitrogen and oxygen atoms in total. The van der Waals surface area contributed by atoms with Gasteiger partial charge in [0.25, 0.3) is 0 Å². The molecule has 94 valence electrons. The predicted molar refractivity (Wildman–Crippen MR) is 65.3 cm³/mol. The number of para-hydroxylation sites is 1. The Kier molecular flexibility index (Phi) is 4.22. The number of aromatic nitrogens is 2. The minimum Gasteiger partial charge on any atom is -0.424 e. The van der Waals surface area contributed by atoms with E-state index < -0.39 is 0 Å². The summed E-state index contributed by atoms with van der Waals surface area (Å²) in [6.07, 6.45) is 3.54. The van der Waals surface area contributed by atoms with E-state index in [9.17, 15) is 0 Å². The van der Waals surface area contributed by atoms with E-state index in [0.717, 1.165) is 5.56 Å². The number of aliphatic hydroxyl groups is 2. The lowest BCUT2D eigenvalue weighted by atomic mass is 10.1. The van der Waals surface area contributed by atoms with Crippen molar-refractivity contribution in [3.05, 3.63) is 47.8 Å². The minimum atomic E-state index is -0.0959. The van der Waals surface area contributed by atoms with Gasteiger partial charge in [-0.2, -0.15) is 0 Å². The zero-order chi connectivity index (χ0) is 12.8. The van der Waals surface area contributed by atoms with Crippen LogP contribution in [0.4, 0.5) is 0 Å². The first-order valence-corrected chi connectivity index (χ1v) is 5.62. The summed E-state index contributed by atoms with van der Waals surface area (Å²) in [6.45, 7) is -0.0357. The first-order chi connectivity index (χ1) is 8.83. The van der Waals surface area contributed by atoms with Gasteiger partial charge in [-0.05, 0) is 18.1 Å². The molecule has 0 radical (unpaired) electrons. The average Bonchev–Trinajstić information content (AvgIpc) is 2.42. The van der Waals surface area contributed by atoms with Crippen molar-refractivity contribution in [2.75, 3.05) is 6.61 Å². The maximum Gasteiger partial charge on any atom is 0.321 e. The molecule has 0 aliphatic rings. The molecule has 0 unspecified atom stereocenters. The normalized spacial score (nSPS) is 10.3. The van der Waals surface area contributed by atoms with E-state index >= 15 is 0 Å². The highest BCUT2D eigenvalue weighted by Crippen LogP contribution is 2.22. The van der Waals surface area contributed by atoms with Crippen molar-refractivity contribution in [2.45, 2.75) is 13.0 Å². The summed E-state index contributed by atoms with van der Waals surface area (Å²) >= 11 is 0. The Morgan fingerprint density at radius 2 is 1.78 bits per heavy atom. The van der Waals surface area contributed by atoms with Gasteiger partial charge in [0.2, 0.25) is 0 Å². The number of aliphatic hydroxyl groups excluding tert-OH is 2. The van der Waals surface area contributed by atoms with Crippen LogP contribution in [0.3, 0.4) is 0 Å². The summed E-state index contributed by atoms with van der Waals surface area (Å²) in [4.78, 5) is 7.98. The van der Waals surface area contributed by atoms with Crippen LogP contribution in [0, 0.1) is 0 Å². The van der Waals surface area contributed by atoms with Crippen LogP contribution in [0.5, 0.6) is 11.8 Å². The van der Waals surface area contributed by atoms with Crippen molar-refractivity contribution >= 4 is 0 Å². The third kappa shape index (κ3) is 3.03. The SMILES string of the molecule is OCCc1ccccc1Oc1ncc(CO)cn1. The lowest BCUT2D eigenvalue weighted by Gasteiger charge is -2.08. The van der Waals surface area contributed by atoms with E-state index in [1.54, 1.807) is 6.07 Å². The molecule has 2 aromatic rings. The second-order valence-electron chi connectivity index (χ2n) is 3.72. The molecule has 5 heteroatoms. The number of nitrogens with zero attached hydrogens (tertiary/aromatic N) is 2. The molecule has 0 fully saturated rings. The van der Waals surface area contributed by atoms with Crippen LogP contribution in [0.15, 0.2) is 36.7 Å². The molecular weight excluding hydrogens is 232 g/mol. The molecule has 0 bridgehead atoms. The number of hydrogen-bond donors (Lipinski definition) is 2. The van der Waals surface area contributed by atoms with Gasteiger partial charge in [-0.3, -0.25) is 0 Å². The largest absolute Gasteiger partial charge is 0.424 e. The number of benzene rings is 1. The summed E-state index contributed by atoms with van der Waals surface area (Å²) < 4.78 is 5.55. The average molecular weight is 246 g/mol. The molecule has 0 saturated heterocycles. The molecule has 0 spiro atoms. The Labute approximate surface area is 105 Å². The first kappa shape index (κ1) is 12.5. The van der Waals surface area contributed by atoms with Gasteiger partial charge in [-0.25, -0.2) is 9.97 Å². The Morgan fingerprint density at radius 3 is 2.44 bits per heavy atom. The van der Waals surface area contributed by atoms with Gasteiger partial charge in [-0.15, -0.1) is 0 Å². The molecular formula is C13H14N2O3. The van der Waals surface area contributed by atoms with E-state index in [-0.39, 0.29) is 19.2 Å². The van der Waals surface area contributed by atoms with Crippen molar-refractivity contribution in [3.8, 4) is 11.8 Å². The molecule has 0 aliphatic heterocycles. The molecule has 1 heterocycles. The zero-order valence-electron chi connectivity index (χ0n) is 9.78. The van der Waals surface area contributed by atoms with E-state index in [2.05, 4.69) is 9.97 Å². The molecule has 0 atom stereocenters. The molecule has 0 saturated carbocycles. The van der Waals surface area contributed by atoms with Crippen molar-refractivity contribution in [1.29, 1.82) is 0 Å². The van der Waals surface area contributed by atoms with Crippen LogP contribution in [0.25, 0.3) is 0 Å². The molecule has 18 heavy (non-hydrogen) atoms. The Hall–Kier alpha value is -1.98. The van der Waals surface area contributed by atoms with E-state index in [4.69, 9.17) is 14.9 Å². The van der Waals surface area contributed by atoms with Gasteiger partial charge in [-0.1, -0.05) is 18.2 Å². The minimum absolute atomic E-state index is 0.0602. The maximum absolute atomic E-state index is 8.96. The molecule has 2 rings (SSSR count). The third-order valence-electron chi connectivity index (χ3n) is 2.42. The number of hydrogen-bond acceptors (Lipinski definition) is 5. The molecule has 1 aromatic heterocycles. The Morgan fingerprint density at radius 1 is 1.06 bits per heavy atom. The van der Waals surface area contributed by atoms with Crippen LogP contribution in [0.2, 0.25) is 0 Å². The van der Waals surface area contributed by atoms with Gasteiger partial charge in [0.05, 0.1) is 6.61 Å². The van der Waals surface area contributed by atoms with Gasteiger partial charge >= 0.3 is 6.01 Å². The van der Waals surface area contributed by atoms with E-state index in [1.807, 2.05) is 18.2 Å². The lowest BCUT2D eigenvalue weighted by Crippen LogP contribution is -1.98. The van der Waals surface area contributed by atoms with Crippen LogP contribution in [-0.4, -0.2) is 26.8 Å². The monoisotopic (exact) mass is 246 g/mol. The standard InChI is InChI=1S/C13H14N2O3/c16-6-5-11-3-1-2-4-12(11)18-13-14-7-10(9-17)8-15-13/h1-4,7-8,16-17H,5-6,9H2. The topological polar surface area (TPSA) is 75.5 Å². The van der Waals surface area contributed by atoms with Crippen molar-refractivity contribution in [1.82, 2.24) is 9.97 Å². The highest BCUT2D eigenvalue weighted by molar-refractivity contribution is 5.35. The van der Waals surface area contributed by atoms with E-state index in [1.165, 1.54) is 12.4 Å². The van der Waals surface area contributed by atoms with Gasteiger partial charge < -0.3 is 14.9 Å². The van der Waals surface area contributed by atoms with Crippen molar-refractivity contribution in [3.63, 3.8) is 0 Å². The fourth-order valence-corrected chi connectivity index (χ4v) is 1.51. The number of ether oxygens (including phenoxy) is 1. The van der Waals surface area contributed by atoms with Crippen molar-refractivity contribution < 1.29 is 14.9 Å². The summed E-state index contributed by atoms with van der Waals surface area (Å²) in [5.74, 6) is 0.628. The second-order valence-corrected chi connectivity index (χ2v) is 3.72. The Balaban J connectivity index is 2.17. The summed E-state index contributed by atoms with van der Waals surface area (Å²) in [7, 11) is 0. The third-order valence-corrected chi connectivity index (χ3v) is 2.42. The quantitative estimate of drug-likeness (QED) is 0.831. The lowest BCUT2D eigenvalue weighted by molar-refractivity contribution is 0.280. The van der Waals surface area contributed by atoms with Crippen LogP contribution < -0.4 is 4.74 Å². The Bertz CT molecular complexity index is 500. The maximum atomic E-state index is 8.96. The van der Waals surface area contributed by atoms with Gasteiger partial charge in [0.1, 0.15) is 5.75 Å². The second kappa shape index (κ2) is 6.09. The molecule has 0 aliphatic carbocycles. The summed E-state index contributed by atoms with van der Waals surface area (Å²) in [5, 5.41) is 17.8. The highest BCUT2D eigenvalue weighted by Gasteiger charge is 2.05. The highest BCUT2D eigenvalue weighted by atomic mass is 16.5. The van der Waals surface area contributed by atoms with Crippen LogP contribution in [0.1, 0.15) is 11.1 Å². The van der Waals surface area contributed by atoms with Crippen molar-refractivity contribution in [2.24, 2.45) is 0 Å². The number of rotatable bonds is 5. The zero-order valence-corrected chi connectivity index (χ0v) is 9.78. The summed E-state index contributed by atoms with van der Waals surface area (Å²) in [6, 6.07) is 7.63. The first-order valence-electron chi connectivity index (χ1n) is 5.62. The van der Waals surface area contributed by atoms with Gasteiger partial charge in [0, 0.05) is 24.6 Å². The fraction of sp³-hybridized carbons (Fsp3) is 0.231. The van der Waals surface area contributed by atoms with Crippen LogP contribution >= 0.6 is 0 Å². The molecule has 2 N–H and O–H groups in total.